The summed E-state index contributed by atoms with van der Waals surface area (Å²) in [6.45, 7) is 1.80. The van der Waals surface area contributed by atoms with Gasteiger partial charge in [-0.15, -0.1) is 0 Å². The standard InChI is InChI=1S/C15H14ClN3O/c16-13-4-6-18-14(8-13)19-15(20)11-2-1-10-3-5-17-9-12(10)7-11/h1-2,4,6-8,17H,3,5,9H2,(H,18,19,20). The number of nitrogens with zero attached hydrogens (tertiary/aromatic N) is 1. The largest absolute Gasteiger partial charge is 0.312 e. The smallest absolute Gasteiger partial charge is 0.256 e. The minimum atomic E-state index is -0.173. The SMILES string of the molecule is O=C(Nc1cc(Cl)ccn1)c1ccc2c(c1)CNCC2. The van der Waals surface area contributed by atoms with Crippen LogP contribution in [0.2, 0.25) is 5.02 Å². The van der Waals surface area contributed by atoms with Crippen LogP contribution in [-0.2, 0) is 13.0 Å². The van der Waals surface area contributed by atoms with Gasteiger partial charge in [-0.2, -0.15) is 0 Å². The van der Waals surface area contributed by atoms with Gasteiger partial charge in [-0.25, -0.2) is 4.98 Å². The second-order valence-corrected chi connectivity index (χ2v) is 5.16. The van der Waals surface area contributed by atoms with E-state index in [1.165, 1.54) is 11.1 Å². The summed E-state index contributed by atoms with van der Waals surface area (Å²) in [7, 11) is 0. The lowest BCUT2D eigenvalue weighted by atomic mass is 9.98. The number of hydrogen-bond donors (Lipinski definition) is 2. The molecule has 102 valence electrons. The van der Waals surface area contributed by atoms with Crippen molar-refractivity contribution in [2.24, 2.45) is 0 Å². The van der Waals surface area contributed by atoms with Crippen molar-refractivity contribution in [3.05, 3.63) is 58.2 Å². The quantitative estimate of drug-likeness (QED) is 0.893. The number of fused-ring (bicyclic) bond motifs is 1. The van der Waals surface area contributed by atoms with Crippen molar-refractivity contribution in [2.75, 3.05) is 11.9 Å². The molecule has 1 aromatic heterocycles. The number of anilines is 1. The number of benzene rings is 1. The van der Waals surface area contributed by atoms with Crippen molar-refractivity contribution >= 4 is 23.3 Å². The van der Waals surface area contributed by atoms with Gasteiger partial charge in [0.2, 0.25) is 0 Å². The predicted octanol–water partition coefficient (Wildman–Crippen LogP) is 2.63. The summed E-state index contributed by atoms with van der Waals surface area (Å²) in [5.74, 6) is 0.284. The second kappa shape index (κ2) is 5.61. The lowest BCUT2D eigenvalue weighted by Crippen LogP contribution is -2.24. The Balaban J connectivity index is 1.80. The molecule has 0 radical (unpaired) electrons. The van der Waals surface area contributed by atoms with E-state index in [4.69, 9.17) is 11.6 Å². The fraction of sp³-hybridized carbons (Fsp3) is 0.200. The van der Waals surface area contributed by atoms with E-state index in [1.54, 1.807) is 18.3 Å². The number of carbonyl (C=O) groups is 1. The average Bonchev–Trinajstić information content (AvgIpc) is 2.47. The molecule has 0 fully saturated rings. The zero-order chi connectivity index (χ0) is 13.9. The first-order valence-corrected chi connectivity index (χ1v) is 6.85. The third-order valence-corrected chi connectivity index (χ3v) is 3.55. The molecular weight excluding hydrogens is 274 g/mol. The highest BCUT2D eigenvalue weighted by molar-refractivity contribution is 6.30. The highest BCUT2D eigenvalue weighted by Gasteiger charge is 2.13. The molecule has 0 saturated heterocycles. The van der Waals surface area contributed by atoms with Crippen molar-refractivity contribution in [3.63, 3.8) is 0 Å². The molecule has 0 bridgehead atoms. The van der Waals surface area contributed by atoms with Crippen LogP contribution in [0.5, 0.6) is 0 Å². The van der Waals surface area contributed by atoms with Crippen LogP contribution in [0.15, 0.2) is 36.5 Å². The fourth-order valence-corrected chi connectivity index (χ4v) is 2.44. The molecule has 20 heavy (non-hydrogen) atoms. The Morgan fingerprint density at radius 2 is 2.15 bits per heavy atom. The van der Waals surface area contributed by atoms with Gasteiger partial charge >= 0.3 is 0 Å². The van der Waals surface area contributed by atoms with E-state index < -0.39 is 0 Å². The molecule has 0 spiro atoms. The first-order chi connectivity index (χ1) is 9.72. The molecule has 5 heteroatoms. The zero-order valence-electron chi connectivity index (χ0n) is 10.8. The van der Waals surface area contributed by atoms with Crippen molar-refractivity contribution < 1.29 is 4.79 Å². The van der Waals surface area contributed by atoms with Gasteiger partial charge in [0.05, 0.1) is 0 Å². The van der Waals surface area contributed by atoms with Crippen molar-refractivity contribution in [1.82, 2.24) is 10.3 Å². The minimum absolute atomic E-state index is 0.173. The minimum Gasteiger partial charge on any atom is -0.312 e. The third-order valence-electron chi connectivity index (χ3n) is 3.32. The molecule has 0 atom stereocenters. The van der Waals surface area contributed by atoms with E-state index in [-0.39, 0.29) is 5.91 Å². The van der Waals surface area contributed by atoms with E-state index in [1.807, 2.05) is 18.2 Å². The van der Waals surface area contributed by atoms with Gasteiger partial charge in [-0.1, -0.05) is 17.7 Å². The molecule has 0 aliphatic carbocycles. The fourth-order valence-electron chi connectivity index (χ4n) is 2.28. The number of halogens is 1. The maximum atomic E-state index is 12.2. The maximum absolute atomic E-state index is 12.2. The predicted molar refractivity (Wildman–Crippen MR) is 79.1 cm³/mol. The lowest BCUT2D eigenvalue weighted by Gasteiger charge is -2.17. The molecule has 0 unspecified atom stereocenters. The number of carbonyl (C=O) groups excluding carboxylic acids is 1. The number of nitrogens with one attached hydrogen (secondary N) is 2. The van der Waals surface area contributed by atoms with Gasteiger partial charge in [0.25, 0.3) is 5.91 Å². The number of hydrogen-bond acceptors (Lipinski definition) is 3. The van der Waals surface area contributed by atoms with Gasteiger partial charge in [-0.3, -0.25) is 4.79 Å². The first kappa shape index (κ1) is 13.1. The molecule has 4 nitrogen and oxygen atoms in total. The summed E-state index contributed by atoms with van der Waals surface area (Å²) in [6, 6.07) is 9.10. The summed E-state index contributed by atoms with van der Waals surface area (Å²) in [6.07, 6.45) is 2.57. The van der Waals surface area contributed by atoms with Crippen LogP contribution in [0.1, 0.15) is 21.5 Å². The van der Waals surface area contributed by atoms with Gasteiger partial charge in [0.15, 0.2) is 0 Å². The lowest BCUT2D eigenvalue weighted by molar-refractivity contribution is 0.102. The van der Waals surface area contributed by atoms with E-state index >= 15 is 0 Å². The molecule has 3 rings (SSSR count). The monoisotopic (exact) mass is 287 g/mol. The number of amides is 1. The first-order valence-electron chi connectivity index (χ1n) is 6.48. The highest BCUT2D eigenvalue weighted by atomic mass is 35.5. The van der Waals surface area contributed by atoms with Crippen LogP contribution in [0, 0.1) is 0 Å². The average molecular weight is 288 g/mol. The van der Waals surface area contributed by atoms with Crippen LogP contribution in [-0.4, -0.2) is 17.4 Å². The number of pyridine rings is 1. The Hall–Kier alpha value is -1.91. The number of aromatic nitrogens is 1. The topological polar surface area (TPSA) is 54.0 Å². The summed E-state index contributed by atoms with van der Waals surface area (Å²) < 4.78 is 0. The van der Waals surface area contributed by atoms with E-state index in [0.717, 1.165) is 19.5 Å². The number of rotatable bonds is 2. The van der Waals surface area contributed by atoms with E-state index in [2.05, 4.69) is 15.6 Å². The van der Waals surface area contributed by atoms with Crippen LogP contribution in [0.25, 0.3) is 0 Å². The van der Waals surface area contributed by atoms with Crippen LogP contribution in [0.3, 0.4) is 0 Å². The van der Waals surface area contributed by atoms with Gasteiger partial charge in [0, 0.05) is 23.3 Å². The summed E-state index contributed by atoms with van der Waals surface area (Å²) in [5, 5.41) is 6.60. The summed E-state index contributed by atoms with van der Waals surface area (Å²) in [4.78, 5) is 16.3. The Labute approximate surface area is 122 Å². The van der Waals surface area contributed by atoms with Crippen LogP contribution < -0.4 is 10.6 Å². The van der Waals surface area contributed by atoms with Crippen molar-refractivity contribution in [3.8, 4) is 0 Å². The Kier molecular flexibility index (Phi) is 3.67. The molecule has 1 amide bonds. The van der Waals surface area contributed by atoms with E-state index in [0.29, 0.717) is 16.4 Å². The van der Waals surface area contributed by atoms with Crippen LogP contribution in [0.4, 0.5) is 5.82 Å². The van der Waals surface area contributed by atoms with Crippen molar-refractivity contribution in [1.29, 1.82) is 0 Å². The molecular formula is C15H14ClN3O. The second-order valence-electron chi connectivity index (χ2n) is 4.72. The normalized spacial score (nSPS) is 13.7. The van der Waals surface area contributed by atoms with Gasteiger partial charge < -0.3 is 10.6 Å². The molecule has 2 N–H and O–H groups in total. The highest BCUT2D eigenvalue weighted by Crippen LogP contribution is 2.17. The Morgan fingerprint density at radius 3 is 3.00 bits per heavy atom. The third kappa shape index (κ3) is 2.81. The molecule has 0 saturated carbocycles. The molecule has 1 aliphatic heterocycles. The zero-order valence-corrected chi connectivity index (χ0v) is 11.6. The maximum Gasteiger partial charge on any atom is 0.256 e. The molecule has 1 aromatic carbocycles. The van der Waals surface area contributed by atoms with Crippen LogP contribution >= 0.6 is 11.6 Å². The van der Waals surface area contributed by atoms with E-state index in [9.17, 15) is 4.79 Å². The molecule has 2 heterocycles. The van der Waals surface area contributed by atoms with Gasteiger partial charge in [0.1, 0.15) is 5.82 Å². The molecule has 2 aromatic rings. The Bertz CT molecular complexity index is 657. The summed E-state index contributed by atoms with van der Waals surface area (Å²) >= 11 is 5.87. The van der Waals surface area contributed by atoms with Gasteiger partial charge in [-0.05, 0) is 48.4 Å². The molecule has 1 aliphatic rings. The Morgan fingerprint density at radius 1 is 1.25 bits per heavy atom. The van der Waals surface area contributed by atoms with Crippen molar-refractivity contribution in [2.45, 2.75) is 13.0 Å². The summed E-state index contributed by atoms with van der Waals surface area (Å²) in [5.41, 5.74) is 3.12.